The number of likely N-dealkylation sites (N-methyl/N-ethyl adjacent to an activating group) is 1. The summed E-state index contributed by atoms with van der Waals surface area (Å²) < 4.78 is 12.3. The third-order valence-electron chi connectivity index (χ3n) is 5.76. The van der Waals surface area contributed by atoms with Crippen molar-refractivity contribution in [2.45, 2.75) is 31.9 Å². The van der Waals surface area contributed by atoms with Crippen LogP contribution in [-0.4, -0.2) is 24.3 Å². The summed E-state index contributed by atoms with van der Waals surface area (Å²) in [5.41, 5.74) is 1.31. The molecule has 28 heavy (non-hydrogen) atoms. The molecule has 2 heterocycles. The predicted octanol–water partition coefficient (Wildman–Crippen LogP) is 5.18. The lowest BCUT2D eigenvalue weighted by atomic mass is 9.76. The molecular formula is C21H21ClN2O4. The normalized spacial score (nSPS) is 21.2. The lowest BCUT2D eigenvalue weighted by molar-refractivity contribution is -0.384. The number of benzene rings is 2. The largest absolute Gasteiger partial charge is 0.490 e. The van der Waals surface area contributed by atoms with Crippen molar-refractivity contribution in [3.05, 3.63) is 62.7 Å². The predicted molar refractivity (Wildman–Crippen MR) is 110 cm³/mol. The lowest BCUT2D eigenvalue weighted by Gasteiger charge is -2.46. The van der Waals surface area contributed by atoms with E-state index in [-0.39, 0.29) is 16.1 Å². The van der Waals surface area contributed by atoms with Crippen LogP contribution in [0, 0.1) is 10.1 Å². The smallest absolute Gasteiger partial charge is 0.292 e. The van der Waals surface area contributed by atoms with Gasteiger partial charge in [0.2, 0.25) is 5.72 Å². The molecule has 0 radical (unpaired) electrons. The van der Waals surface area contributed by atoms with E-state index in [1.165, 1.54) is 6.07 Å². The lowest BCUT2D eigenvalue weighted by Crippen LogP contribution is -2.58. The topological polar surface area (TPSA) is 64.8 Å². The number of fused-ring (bicyclic) bond motifs is 2. The molecule has 6 nitrogen and oxygen atoms in total. The van der Waals surface area contributed by atoms with Crippen LogP contribution in [0.1, 0.15) is 31.9 Å². The average molecular weight is 401 g/mol. The van der Waals surface area contributed by atoms with Crippen molar-refractivity contribution in [2.24, 2.45) is 0 Å². The maximum Gasteiger partial charge on any atom is 0.292 e. The van der Waals surface area contributed by atoms with E-state index in [1.54, 1.807) is 6.08 Å². The first-order valence-corrected chi connectivity index (χ1v) is 9.47. The van der Waals surface area contributed by atoms with E-state index < -0.39 is 10.6 Å². The molecule has 0 fully saturated rings. The molecule has 7 heteroatoms. The number of rotatable bonds is 3. The van der Waals surface area contributed by atoms with Crippen LogP contribution >= 0.6 is 11.6 Å². The van der Waals surface area contributed by atoms with Crippen LogP contribution in [0.4, 0.5) is 11.4 Å². The van der Waals surface area contributed by atoms with Crippen LogP contribution < -0.4 is 14.4 Å². The first-order valence-electron chi connectivity index (χ1n) is 9.10. The number of hydrogen-bond donors (Lipinski definition) is 0. The fraction of sp³-hybridized carbons (Fsp3) is 0.333. The molecule has 146 valence electrons. The standard InChI is InChI=1S/C21H21ClN2O4/c1-5-27-17-12-16(24(25)26)18(22)13-10-11-21(28-19(13)17)20(2,3)14-8-6-7-9-15(14)23(21)4/h6-12H,5H2,1-4H3. The van der Waals surface area contributed by atoms with Crippen molar-refractivity contribution < 1.29 is 14.4 Å². The van der Waals surface area contributed by atoms with Crippen molar-refractivity contribution >= 4 is 29.1 Å². The zero-order chi connectivity index (χ0) is 20.3. The van der Waals surface area contributed by atoms with Gasteiger partial charge in [-0.25, -0.2) is 0 Å². The number of nitro groups is 1. The van der Waals surface area contributed by atoms with Crippen LogP contribution in [-0.2, 0) is 5.41 Å². The van der Waals surface area contributed by atoms with E-state index in [4.69, 9.17) is 21.1 Å². The highest BCUT2D eigenvalue weighted by molar-refractivity contribution is 6.34. The van der Waals surface area contributed by atoms with Gasteiger partial charge in [-0.05, 0) is 44.6 Å². The maximum absolute atomic E-state index is 11.4. The molecule has 0 aromatic heterocycles. The molecule has 0 bridgehead atoms. The third-order valence-corrected chi connectivity index (χ3v) is 6.16. The second-order valence-electron chi connectivity index (χ2n) is 7.47. The van der Waals surface area contributed by atoms with Gasteiger partial charge in [0.05, 0.1) is 23.0 Å². The third kappa shape index (κ3) is 2.27. The van der Waals surface area contributed by atoms with Crippen LogP contribution in [0.25, 0.3) is 6.08 Å². The number of anilines is 1. The van der Waals surface area contributed by atoms with Crippen molar-refractivity contribution in [1.29, 1.82) is 0 Å². The zero-order valence-electron chi connectivity index (χ0n) is 16.2. The highest BCUT2D eigenvalue weighted by Gasteiger charge is 2.58. The summed E-state index contributed by atoms with van der Waals surface area (Å²) in [6.45, 7) is 6.42. The van der Waals surface area contributed by atoms with Gasteiger partial charge in [0.1, 0.15) is 5.02 Å². The number of nitro benzene ring substituents is 1. The van der Waals surface area contributed by atoms with E-state index in [9.17, 15) is 10.1 Å². The molecule has 1 spiro atoms. The average Bonchev–Trinajstić information content (AvgIpc) is 2.83. The fourth-order valence-corrected chi connectivity index (χ4v) is 4.53. The Labute approximate surface area is 168 Å². The molecule has 4 rings (SSSR count). The Morgan fingerprint density at radius 3 is 2.68 bits per heavy atom. The van der Waals surface area contributed by atoms with Gasteiger partial charge in [0.25, 0.3) is 5.69 Å². The molecule has 0 saturated heterocycles. The number of hydrogen-bond acceptors (Lipinski definition) is 5. The van der Waals surface area contributed by atoms with E-state index in [0.717, 1.165) is 11.3 Å². The molecule has 0 N–H and O–H groups in total. The Bertz CT molecular complexity index is 1020. The van der Waals surface area contributed by atoms with Crippen molar-refractivity contribution in [3.8, 4) is 11.5 Å². The summed E-state index contributed by atoms with van der Waals surface area (Å²) in [6, 6.07) is 9.51. The molecule has 0 amide bonds. The highest BCUT2D eigenvalue weighted by Crippen LogP contribution is 2.56. The Hall–Kier alpha value is -2.73. The zero-order valence-corrected chi connectivity index (χ0v) is 16.9. The Morgan fingerprint density at radius 2 is 2.04 bits per heavy atom. The number of halogens is 1. The number of para-hydroxylation sites is 1. The summed E-state index contributed by atoms with van der Waals surface area (Å²) in [5.74, 6) is 0.741. The Morgan fingerprint density at radius 1 is 1.32 bits per heavy atom. The Kier molecular flexibility index (Phi) is 4.08. The van der Waals surface area contributed by atoms with E-state index in [2.05, 4.69) is 30.9 Å². The van der Waals surface area contributed by atoms with Gasteiger partial charge in [-0.1, -0.05) is 29.8 Å². The van der Waals surface area contributed by atoms with Crippen LogP contribution in [0.15, 0.2) is 36.4 Å². The summed E-state index contributed by atoms with van der Waals surface area (Å²) in [6.07, 6.45) is 3.74. The van der Waals surface area contributed by atoms with Gasteiger partial charge < -0.3 is 14.4 Å². The van der Waals surface area contributed by atoms with Gasteiger partial charge in [-0.15, -0.1) is 0 Å². The SMILES string of the molecule is CCOc1cc([N+](=O)[O-])c(Cl)c2c1OC1(C=C2)N(C)c2ccccc2C1(C)C. The molecule has 0 aliphatic carbocycles. The van der Waals surface area contributed by atoms with E-state index in [1.807, 2.05) is 32.2 Å². The molecule has 2 aliphatic heterocycles. The second kappa shape index (κ2) is 6.14. The van der Waals surface area contributed by atoms with Gasteiger partial charge in [0.15, 0.2) is 11.5 Å². The van der Waals surface area contributed by atoms with Crippen LogP contribution in [0.3, 0.4) is 0 Å². The van der Waals surface area contributed by atoms with Gasteiger partial charge >= 0.3 is 0 Å². The highest BCUT2D eigenvalue weighted by atomic mass is 35.5. The minimum Gasteiger partial charge on any atom is -0.490 e. The van der Waals surface area contributed by atoms with Crippen molar-refractivity contribution in [1.82, 2.24) is 0 Å². The molecule has 2 aromatic rings. The summed E-state index contributed by atoms with van der Waals surface area (Å²) in [5, 5.41) is 11.5. The maximum atomic E-state index is 11.4. The number of ether oxygens (including phenoxy) is 2. The minimum absolute atomic E-state index is 0.0468. The quantitative estimate of drug-likeness (QED) is 0.524. The van der Waals surface area contributed by atoms with Gasteiger partial charge in [0, 0.05) is 18.3 Å². The fourth-order valence-electron chi connectivity index (χ4n) is 4.26. The monoisotopic (exact) mass is 400 g/mol. The van der Waals surface area contributed by atoms with Gasteiger partial charge in [-0.3, -0.25) is 10.1 Å². The van der Waals surface area contributed by atoms with Crippen molar-refractivity contribution in [3.63, 3.8) is 0 Å². The van der Waals surface area contributed by atoms with E-state index >= 15 is 0 Å². The molecular weight excluding hydrogens is 380 g/mol. The second-order valence-corrected chi connectivity index (χ2v) is 7.85. The minimum atomic E-state index is -0.811. The number of nitrogens with zero attached hydrogens (tertiary/aromatic N) is 2. The Balaban J connectivity index is 1.93. The molecule has 1 unspecified atom stereocenters. The molecule has 2 aliphatic rings. The molecule has 1 atom stereocenters. The summed E-state index contributed by atoms with van der Waals surface area (Å²) in [7, 11) is 1.98. The summed E-state index contributed by atoms with van der Waals surface area (Å²) in [4.78, 5) is 13.0. The van der Waals surface area contributed by atoms with Crippen LogP contribution in [0.2, 0.25) is 5.02 Å². The van der Waals surface area contributed by atoms with Crippen molar-refractivity contribution in [2.75, 3.05) is 18.6 Å². The van der Waals surface area contributed by atoms with E-state index in [0.29, 0.717) is 23.7 Å². The van der Waals surface area contributed by atoms with Gasteiger partial charge in [-0.2, -0.15) is 0 Å². The van der Waals surface area contributed by atoms with Crippen LogP contribution in [0.5, 0.6) is 11.5 Å². The first-order chi connectivity index (χ1) is 13.2. The summed E-state index contributed by atoms with van der Waals surface area (Å²) >= 11 is 6.34. The first kappa shape index (κ1) is 18.6. The molecule has 0 saturated carbocycles. The molecule has 2 aromatic carbocycles.